The average Bonchev–Trinajstić information content (AvgIpc) is 2.19. The van der Waals surface area contributed by atoms with E-state index in [4.69, 9.17) is 0 Å². The van der Waals surface area contributed by atoms with Crippen LogP contribution in [0.4, 0.5) is 0 Å². The van der Waals surface area contributed by atoms with Gasteiger partial charge in [0.15, 0.2) is 0 Å². The van der Waals surface area contributed by atoms with E-state index in [0.717, 1.165) is 6.42 Å². The zero-order chi connectivity index (χ0) is 5.82. The smallest absolute Gasteiger partial charge is 0 e. The molecular weight excluding hydrogens is 187 g/mol. The maximum atomic E-state index is 3.14. The van der Waals surface area contributed by atoms with E-state index in [-0.39, 0.29) is 26.2 Å². The van der Waals surface area contributed by atoms with Gasteiger partial charge in [-0.25, -0.2) is 11.6 Å². The third-order valence-corrected chi connectivity index (χ3v) is 1.31. The summed E-state index contributed by atoms with van der Waals surface area (Å²) < 4.78 is 0. The van der Waals surface area contributed by atoms with E-state index in [1.54, 1.807) is 0 Å². The Balaban J connectivity index is 0.000000640. The molecule has 0 N–H and O–H groups in total. The Labute approximate surface area is 76.2 Å². The van der Waals surface area contributed by atoms with Gasteiger partial charge in [-0.15, -0.1) is 6.42 Å². The molecule has 0 fully saturated rings. The molecule has 0 unspecified atom stereocenters. The number of allylic oxidation sites excluding steroid dienone is 4. The first-order valence-corrected chi connectivity index (χ1v) is 3.19. The summed E-state index contributed by atoms with van der Waals surface area (Å²) in [5, 5.41) is 0. The molecular formula is C8H11Zr-. The van der Waals surface area contributed by atoms with Crippen LogP contribution >= 0.6 is 0 Å². The fraction of sp³-hybridized carbons (Fsp3) is 0.500. The molecule has 1 rings (SSSR count). The minimum Gasteiger partial charge on any atom is -0.273 e. The molecule has 0 aromatic heterocycles. The van der Waals surface area contributed by atoms with Crippen molar-refractivity contribution in [2.45, 2.75) is 26.2 Å². The third-order valence-electron chi connectivity index (χ3n) is 1.31. The van der Waals surface area contributed by atoms with Gasteiger partial charge in [0.25, 0.3) is 0 Å². The second-order valence-corrected chi connectivity index (χ2v) is 2.08. The van der Waals surface area contributed by atoms with Crippen molar-refractivity contribution >= 4 is 0 Å². The average molecular weight is 198 g/mol. The van der Waals surface area contributed by atoms with E-state index in [9.17, 15) is 0 Å². The van der Waals surface area contributed by atoms with Crippen molar-refractivity contribution in [1.29, 1.82) is 0 Å². The summed E-state index contributed by atoms with van der Waals surface area (Å²) in [6, 6.07) is 0. The minimum absolute atomic E-state index is 0. The summed E-state index contributed by atoms with van der Waals surface area (Å²) in [5.41, 5.74) is 1.47. The molecule has 0 amide bonds. The second kappa shape index (κ2) is 5.17. The van der Waals surface area contributed by atoms with Crippen LogP contribution in [0, 0.1) is 6.08 Å². The van der Waals surface area contributed by atoms with Gasteiger partial charge in [-0.3, -0.25) is 6.08 Å². The van der Waals surface area contributed by atoms with Crippen LogP contribution in [0.5, 0.6) is 0 Å². The van der Waals surface area contributed by atoms with Crippen LogP contribution in [-0.2, 0) is 26.2 Å². The van der Waals surface area contributed by atoms with E-state index in [2.05, 4.69) is 25.2 Å². The molecule has 0 saturated heterocycles. The summed E-state index contributed by atoms with van der Waals surface area (Å²) >= 11 is 0. The summed E-state index contributed by atoms with van der Waals surface area (Å²) in [6.07, 6.45) is 11.0. The van der Waals surface area contributed by atoms with Gasteiger partial charge >= 0.3 is 0 Å². The Hall–Kier alpha value is 0.363. The molecule has 0 atom stereocenters. The van der Waals surface area contributed by atoms with Gasteiger partial charge in [-0.2, -0.15) is 6.08 Å². The normalized spacial score (nSPS) is 15.0. The Morgan fingerprint density at radius 2 is 2.44 bits per heavy atom. The van der Waals surface area contributed by atoms with Crippen molar-refractivity contribution in [2.75, 3.05) is 0 Å². The number of hydrogen-bond donors (Lipinski definition) is 0. The van der Waals surface area contributed by atoms with Crippen LogP contribution in [0.15, 0.2) is 17.7 Å². The minimum atomic E-state index is 0. The van der Waals surface area contributed by atoms with Gasteiger partial charge in [0.2, 0.25) is 0 Å². The third kappa shape index (κ3) is 3.15. The quantitative estimate of drug-likeness (QED) is 0.598. The first kappa shape index (κ1) is 9.36. The molecule has 9 heavy (non-hydrogen) atoms. The predicted molar refractivity (Wildman–Crippen MR) is 35.4 cm³/mol. The van der Waals surface area contributed by atoms with Crippen molar-refractivity contribution < 1.29 is 26.2 Å². The molecule has 1 heteroatoms. The molecule has 0 saturated carbocycles. The topological polar surface area (TPSA) is 0 Å². The molecule has 0 aromatic carbocycles. The molecule has 0 spiro atoms. The van der Waals surface area contributed by atoms with Gasteiger partial charge in [0, 0.05) is 26.2 Å². The molecule has 1 aliphatic carbocycles. The van der Waals surface area contributed by atoms with Crippen LogP contribution in [0.3, 0.4) is 0 Å². The van der Waals surface area contributed by atoms with Gasteiger partial charge in [-0.1, -0.05) is 19.8 Å². The molecule has 1 aliphatic rings. The van der Waals surface area contributed by atoms with Crippen molar-refractivity contribution in [3.63, 3.8) is 0 Å². The van der Waals surface area contributed by atoms with Crippen LogP contribution < -0.4 is 0 Å². The maximum absolute atomic E-state index is 3.14. The number of hydrogen-bond acceptors (Lipinski definition) is 0. The monoisotopic (exact) mass is 197 g/mol. The SMILES string of the molecule is CCCC1=CC[C-]=C1.[Zr]. The Bertz CT molecular complexity index is 123. The molecule has 0 bridgehead atoms. The Morgan fingerprint density at radius 3 is 2.89 bits per heavy atom. The van der Waals surface area contributed by atoms with Crippen molar-refractivity contribution in [1.82, 2.24) is 0 Å². The van der Waals surface area contributed by atoms with E-state index in [0.29, 0.717) is 0 Å². The second-order valence-electron chi connectivity index (χ2n) is 2.08. The standard InChI is InChI=1S/C8H11.Zr/c1-2-5-8-6-3-4-7-8;/h6-7H,2-3,5H2,1H3;/q-1;. The van der Waals surface area contributed by atoms with E-state index in [1.165, 1.54) is 18.4 Å². The van der Waals surface area contributed by atoms with Crippen LogP contribution in [0.25, 0.3) is 0 Å². The van der Waals surface area contributed by atoms with Crippen LogP contribution in [0.1, 0.15) is 26.2 Å². The maximum Gasteiger partial charge on any atom is 0 e. The first-order chi connectivity index (χ1) is 3.93. The van der Waals surface area contributed by atoms with Gasteiger partial charge < -0.3 is 0 Å². The molecule has 0 radical (unpaired) electrons. The fourth-order valence-electron chi connectivity index (χ4n) is 0.902. The zero-order valence-electron chi connectivity index (χ0n) is 5.78. The summed E-state index contributed by atoms with van der Waals surface area (Å²) in [4.78, 5) is 0. The largest absolute Gasteiger partial charge is 0.273 e. The van der Waals surface area contributed by atoms with E-state index < -0.39 is 0 Å². The molecule has 0 aromatic rings. The molecule has 48 valence electrons. The number of rotatable bonds is 2. The Kier molecular flexibility index (Phi) is 5.38. The molecule has 0 nitrogen and oxygen atoms in total. The summed E-state index contributed by atoms with van der Waals surface area (Å²) in [5.74, 6) is 0. The van der Waals surface area contributed by atoms with Crippen molar-refractivity contribution in [2.24, 2.45) is 0 Å². The van der Waals surface area contributed by atoms with Crippen LogP contribution in [-0.4, -0.2) is 0 Å². The van der Waals surface area contributed by atoms with Crippen molar-refractivity contribution in [3.05, 3.63) is 23.8 Å². The molecule has 0 aliphatic heterocycles. The first-order valence-electron chi connectivity index (χ1n) is 3.19. The van der Waals surface area contributed by atoms with Crippen molar-refractivity contribution in [3.8, 4) is 0 Å². The van der Waals surface area contributed by atoms with Crippen LogP contribution in [0.2, 0.25) is 0 Å². The summed E-state index contributed by atoms with van der Waals surface area (Å²) in [7, 11) is 0. The van der Waals surface area contributed by atoms with E-state index in [1.807, 2.05) is 0 Å². The Morgan fingerprint density at radius 1 is 1.67 bits per heavy atom. The van der Waals surface area contributed by atoms with Gasteiger partial charge in [0.1, 0.15) is 0 Å². The van der Waals surface area contributed by atoms with Gasteiger partial charge in [-0.05, 0) is 0 Å². The predicted octanol–water partition coefficient (Wildman–Crippen LogP) is 2.47. The molecule has 0 heterocycles. The van der Waals surface area contributed by atoms with E-state index >= 15 is 0 Å². The zero-order valence-corrected chi connectivity index (χ0v) is 8.23. The fourth-order valence-corrected chi connectivity index (χ4v) is 0.902. The van der Waals surface area contributed by atoms with Gasteiger partial charge in [0.05, 0.1) is 0 Å². The summed E-state index contributed by atoms with van der Waals surface area (Å²) in [6.45, 7) is 2.20.